The zero-order valence-electron chi connectivity index (χ0n) is 14.1. The summed E-state index contributed by atoms with van der Waals surface area (Å²) in [5.41, 5.74) is 1.79. The molecule has 0 aromatic heterocycles. The van der Waals surface area contributed by atoms with Crippen molar-refractivity contribution in [2.75, 3.05) is 16.2 Å². The van der Waals surface area contributed by atoms with Gasteiger partial charge >= 0.3 is 5.97 Å². The van der Waals surface area contributed by atoms with Gasteiger partial charge in [-0.2, -0.15) is 0 Å². The lowest BCUT2D eigenvalue weighted by Crippen LogP contribution is -2.24. The molecule has 2 aromatic rings. The zero-order valence-corrected chi connectivity index (χ0v) is 14.9. The van der Waals surface area contributed by atoms with Crippen LogP contribution in [-0.4, -0.2) is 31.9 Å². The van der Waals surface area contributed by atoms with E-state index in [1.807, 2.05) is 6.92 Å². The van der Waals surface area contributed by atoms with E-state index < -0.39 is 16.0 Å². The van der Waals surface area contributed by atoms with E-state index in [2.05, 4.69) is 4.72 Å². The minimum atomic E-state index is -3.92. The summed E-state index contributed by atoms with van der Waals surface area (Å²) in [4.78, 5) is 24.5. The summed E-state index contributed by atoms with van der Waals surface area (Å²) in [6.07, 6.45) is 1.33. The molecule has 0 radical (unpaired) electrons. The molecule has 1 saturated heterocycles. The van der Waals surface area contributed by atoms with Gasteiger partial charge in [0.15, 0.2) is 0 Å². The fraction of sp³-hybridized carbons (Fsp3) is 0.222. The van der Waals surface area contributed by atoms with E-state index in [1.165, 1.54) is 18.2 Å². The first kappa shape index (κ1) is 17.9. The summed E-state index contributed by atoms with van der Waals surface area (Å²) in [5.74, 6) is -1.13. The third kappa shape index (κ3) is 3.55. The van der Waals surface area contributed by atoms with Crippen LogP contribution in [0, 0.1) is 6.92 Å². The topological polar surface area (TPSA) is 104 Å². The highest BCUT2D eigenvalue weighted by molar-refractivity contribution is 7.92. The lowest BCUT2D eigenvalue weighted by atomic mass is 10.1. The molecule has 2 N–H and O–H groups in total. The van der Waals surface area contributed by atoms with Crippen molar-refractivity contribution in [3.8, 4) is 0 Å². The van der Waals surface area contributed by atoms with Gasteiger partial charge in [0.25, 0.3) is 10.0 Å². The molecule has 3 rings (SSSR count). The van der Waals surface area contributed by atoms with Gasteiger partial charge in [0.1, 0.15) is 0 Å². The second-order valence-corrected chi connectivity index (χ2v) is 7.77. The number of carbonyl (C=O) groups excluding carboxylic acids is 1. The van der Waals surface area contributed by atoms with Gasteiger partial charge in [0, 0.05) is 24.3 Å². The van der Waals surface area contributed by atoms with E-state index >= 15 is 0 Å². The van der Waals surface area contributed by atoms with Crippen molar-refractivity contribution in [3.05, 3.63) is 53.6 Å². The summed E-state index contributed by atoms with van der Waals surface area (Å²) in [6, 6.07) is 10.1. The van der Waals surface area contributed by atoms with E-state index in [9.17, 15) is 18.0 Å². The van der Waals surface area contributed by atoms with Crippen LogP contribution in [0.15, 0.2) is 47.4 Å². The minimum Gasteiger partial charge on any atom is -0.478 e. The smallest absolute Gasteiger partial charge is 0.335 e. The number of amides is 1. The standard InChI is InChI=1S/C18H18N2O5S/c1-12-10-14(7-8-16(12)20-9-3-6-17(20)21)19-26(24,25)15-5-2-4-13(11-15)18(22)23/h2,4-5,7-8,10-11,19H,3,6,9H2,1H3,(H,22,23). The van der Waals surface area contributed by atoms with Crippen molar-refractivity contribution in [1.29, 1.82) is 0 Å². The molecule has 2 aromatic carbocycles. The van der Waals surface area contributed by atoms with Gasteiger partial charge in [-0.05, 0) is 55.3 Å². The molecule has 0 atom stereocenters. The number of nitrogens with one attached hydrogen (secondary N) is 1. The predicted molar refractivity (Wildman–Crippen MR) is 97.0 cm³/mol. The summed E-state index contributed by atoms with van der Waals surface area (Å²) < 4.78 is 27.5. The van der Waals surface area contributed by atoms with Gasteiger partial charge in [0.05, 0.1) is 10.5 Å². The Labute approximate surface area is 151 Å². The van der Waals surface area contributed by atoms with E-state index in [0.29, 0.717) is 18.7 Å². The van der Waals surface area contributed by atoms with E-state index in [0.717, 1.165) is 23.7 Å². The molecular weight excluding hydrogens is 356 g/mol. The molecule has 8 heteroatoms. The third-order valence-electron chi connectivity index (χ3n) is 4.20. The van der Waals surface area contributed by atoms with Gasteiger partial charge in [-0.25, -0.2) is 13.2 Å². The lowest BCUT2D eigenvalue weighted by Gasteiger charge is -2.19. The molecule has 1 aliphatic heterocycles. The summed E-state index contributed by atoms with van der Waals surface area (Å²) >= 11 is 0. The molecule has 26 heavy (non-hydrogen) atoms. The third-order valence-corrected chi connectivity index (χ3v) is 5.58. The molecule has 0 saturated carbocycles. The first-order valence-corrected chi connectivity index (χ1v) is 9.53. The molecule has 0 aliphatic carbocycles. The molecule has 1 heterocycles. The fourth-order valence-electron chi connectivity index (χ4n) is 2.94. The second-order valence-electron chi connectivity index (χ2n) is 6.09. The average Bonchev–Trinajstić information content (AvgIpc) is 3.00. The van der Waals surface area contributed by atoms with Crippen LogP contribution in [0.4, 0.5) is 11.4 Å². The van der Waals surface area contributed by atoms with Crippen molar-refractivity contribution in [2.24, 2.45) is 0 Å². The summed E-state index contributed by atoms with van der Waals surface area (Å²) in [5, 5.41) is 9.01. The van der Waals surface area contributed by atoms with E-state index in [-0.39, 0.29) is 16.4 Å². The Kier molecular flexibility index (Phi) is 4.69. The van der Waals surface area contributed by atoms with Crippen molar-refractivity contribution >= 4 is 33.3 Å². The Bertz CT molecular complexity index is 985. The zero-order chi connectivity index (χ0) is 18.9. The molecule has 0 bridgehead atoms. The summed E-state index contributed by atoms with van der Waals surface area (Å²) in [7, 11) is -3.92. The van der Waals surface area contributed by atoms with Crippen LogP contribution in [0.2, 0.25) is 0 Å². The number of nitrogens with zero attached hydrogens (tertiary/aromatic N) is 1. The second kappa shape index (κ2) is 6.80. The first-order valence-electron chi connectivity index (χ1n) is 8.05. The van der Waals surface area contributed by atoms with Gasteiger partial charge < -0.3 is 10.0 Å². The SMILES string of the molecule is Cc1cc(NS(=O)(=O)c2cccc(C(=O)O)c2)ccc1N1CCCC1=O. The van der Waals surface area contributed by atoms with Crippen molar-refractivity contribution in [1.82, 2.24) is 0 Å². The Balaban J connectivity index is 1.86. The molecule has 136 valence electrons. The summed E-state index contributed by atoms with van der Waals surface area (Å²) in [6.45, 7) is 2.47. The van der Waals surface area contributed by atoms with Crippen molar-refractivity contribution < 1.29 is 23.1 Å². The minimum absolute atomic E-state index is 0.0620. The van der Waals surface area contributed by atoms with Gasteiger partial charge in [-0.15, -0.1) is 0 Å². The number of hydrogen-bond acceptors (Lipinski definition) is 4. The average molecular weight is 374 g/mol. The van der Waals surface area contributed by atoms with Gasteiger partial charge in [0.2, 0.25) is 5.91 Å². The number of aromatic carboxylic acids is 1. The van der Waals surface area contributed by atoms with Gasteiger partial charge in [-0.3, -0.25) is 9.52 Å². The monoisotopic (exact) mass is 374 g/mol. The number of carbonyl (C=O) groups is 2. The van der Waals surface area contributed by atoms with Crippen LogP contribution in [0.1, 0.15) is 28.8 Å². The number of benzene rings is 2. The van der Waals surface area contributed by atoms with Gasteiger partial charge in [-0.1, -0.05) is 6.07 Å². The number of sulfonamides is 1. The number of rotatable bonds is 5. The van der Waals surface area contributed by atoms with Crippen LogP contribution in [0.5, 0.6) is 0 Å². The maximum Gasteiger partial charge on any atom is 0.335 e. The number of hydrogen-bond donors (Lipinski definition) is 2. The Morgan fingerprint density at radius 2 is 1.96 bits per heavy atom. The molecule has 1 amide bonds. The Morgan fingerprint density at radius 1 is 1.19 bits per heavy atom. The molecule has 7 nitrogen and oxygen atoms in total. The maximum absolute atomic E-state index is 12.5. The van der Waals surface area contributed by atoms with Crippen LogP contribution < -0.4 is 9.62 Å². The van der Waals surface area contributed by atoms with Crippen molar-refractivity contribution in [2.45, 2.75) is 24.7 Å². The highest BCUT2D eigenvalue weighted by Crippen LogP contribution is 2.28. The Morgan fingerprint density at radius 3 is 2.58 bits per heavy atom. The normalized spacial score (nSPS) is 14.5. The molecule has 1 fully saturated rings. The molecular formula is C18H18N2O5S. The van der Waals surface area contributed by atoms with Crippen LogP contribution in [-0.2, 0) is 14.8 Å². The molecule has 1 aliphatic rings. The lowest BCUT2D eigenvalue weighted by molar-refractivity contribution is -0.117. The number of anilines is 2. The highest BCUT2D eigenvalue weighted by atomic mass is 32.2. The van der Waals surface area contributed by atoms with E-state index in [4.69, 9.17) is 5.11 Å². The first-order chi connectivity index (χ1) is 12.3. The fourth-order valence-corrected chi connectivity index (χ4v) is 4.03. The molecule has 0 spiro atoms. The molecule has 0 unspecified atom stereocenters. The van der Waals surface area contributed by atoms with E-state index in [1.54, 1.807) is 23.1 Å². The quantitative estimate of drug-likeness (QED) is 0.837. The van der Waals surface area contributed by atoms with Crippen LogP contribution in [0.25, 0.3) is 0 Å². The van der Waals surface area contributed by atoms with Crippen LogP contribution >= 0.6 is 0 Å². The largest absolute Gasteiger partial charge is 0.478 e. The number of carboxylic acids is 1. The highest BCUT2D eigenvalue weighted by Gasteiger charge is 2.23. The Hall–Kier alpha value is -2.87. The van der Waals surface area contributed by atoms with Crippen LogP contribution in [0.3, 0.4) is 0 Å². The maximum atomic E-state index is 12.5. The number of aryl methyl sites for hydroxylation is 1. The van der Waals surface area contributed by atoms with Crippen molar-refractivity contribution in [3.63, 3.8) is 0 Å². The predicted octanol–water partition coefficient (Wildman–Crippen LogP) is 2.62. The number of carboxylic acid groups (broad SMARTS) is 1.